The van der Waals surface area contributed by atoms with Crippen LogP contribution in [0.15, 0.2) is 42.5 Å². The van der Waals surface area contributed by atoms with E-state index in [4.69, 9.17) is 5.26 Å². The molecule has 0 bridgehead atoms. The predicted molar refractivity (Wildman–Crippen MR) is 73.9 cm³/mol. The molecular formula is C16H10N2O2. The third kappa shape index (κ3) is 1.69. The van der Waals surface area contributed by atoms with Crippen molar-refractivity contribution in [3.8, 4) is 6.07 Å². The number of fused-ring (bicyclic) bond motifs is 2. The van der Waals surface area contributed by atoms with Gasteiger partial charge in [-0.25, -0.2) is 0 Å². The normalized spacial score (nSPS) is 12.3. The zero-order valence-electron chi connectivity index (χ0n) is 10.5. The number of carbonyl (C=O) groups is 2. The third-order valence-corrected chi connectivity index (χ3v) is 3.31. The quantitative estimate of drug-likeness (QED) is 0.720. The van der Waals surface area contributed by atoms with E-state index in [9.17, 15) is 9.59 Å². The minimum atomic E-state index is -0.184. The molecule has 0 aliphatic heterocycles. The monoisotopic (exact) mass is 262 g/mol. The van der Waals surface area contributed by atoms with Crippen LogP contribution in [-0.2, 0) is 0 Å². The lowest BCUT2D eigenvalue weighted by Crippen LogP contribution is -2.22. The van der Waals surface area contributed by atoms with Gasteiger partial charge >= 0.3 is 0 Å². The smallest absolute Gasteiger partial charge is 0.196 e. The molecule has 96 valence electrons. The fourth-order valence-electron chi connectivity index (χ4n) is 2.43. The molecule has 0 saturated heterocycles. The number of rotatable bonds is 2. The molecule has 0 fully saturated rings. The summed E-state index contributed by atoms with van der Waals surface area (Å²) in [7, 11) is 0. The van der Waals surface area contributed by atoms with Gasteiger partial charge in [0.15, 0.2) is 11.6 Å². The highest BCUT2D eigenvalue weighted by Crippen LogP contribution is 2.31. The molecule has 1 aliphatic carbocycles. The summed E-state index contributed by atoms with van der Waals surface area (Å²) in [6.07, 6.45) is 0. The molecule has 0 aromatic heterocycles. The van der Waals surface area contributed by atoms with Crippen LogP contribution in [0.4, 0.5) is 5.69 Å². The molecule has 0 amide bonds. The fourth-order valence-corrected chi connectivity index (χ4v) is 2.43. The highest BCUT2D eigenvalue weighted by molar-refractivity contribution is 6.30. The van der Waals surface area contributed by atoms with Gasteiger partial charge in [-0.2, -0.15) is 5.26 Å². The Morgan fingerprint density at radius 3 is 2.25 bits per heavy atom. The molecule has 3 rings (SSSR count). The molecular weight excluding hydrogens is 252 g/mol. The number of carbonyl (C=O) groups excluding carboxylic acids is 2. The first kappa shape index (κ1) is 12.1. The zero-order chi connectivity index (χ0) is 14.1. The van der Waals surface area contributed by atoms with Crippen LogP contribution in [0.5, 0.6) is 0 Å². The van der Waals surface area contributed by atoms with Crippen molar-refractivity contribution in [3.05, 3.63) is 64.7 Å². The summed E-state index contributed by atoms with van der Waals surface area (Å²) in [4.78, 5) is 25.0. The van der Waals surface area contributed by atoms with Crippen molar-refractivity contribution in [3.63, 3.8) is 0 Å². The summed E-state index contributed by atoms with van der Waals surface area (Å²) in [5, 5.41) is 11.5. The summed E-state index contributed by atoms with van der Waals surface area (Å²) >= 11 is 0. The number of nitrogens with one attached hydrogen (secondary N) is 1. The molecule has 20 heavy (non-hydrogen) atoms. The number of anilines is 1. The minimum absolute atomic E-state index is 0.0829. The van der Waals surface area contributed by atoms with Gasteiger partial charge in [-0.1, -0.05) is 36.4 Å². The Bertz CT molecular complexity index is 772. The summed E-state index contributed by atoms with van der Waals surface area (Å²) in [5.74, 6) is -0.341. The largest absolute Gasteiger partial charge is 0.372 e. The fraction of sp³-hybridized carbons (Fsp3) is 0.0625. The summed E-state index contributed by atoms with van der Waals surface area (Å²) in [5.41, 5.74) is 2.11. The first-order valence-electron chi connectivity index (χ1n) is 6.16. The Labute approximate surface area is 115 Å². The van der Waals surface area contributed by atoms with E-state index < -0.39 is 0 Å². The summed E-state index contributed by atoms with van der Waals surface area (Å²) in [6.45, 7) is 0.0829. The summed E-state index contributed by atoms with van der Waals surface area (Å²) in [6, 6.07) is 13.8. The molecule has 0 heterocycles. The first-order chi connectivity index (χ1) is 9.74. The van der Waals surface area contributed by atoms with Crippen LogP contribution in [0.1, 0.15) is 31.8 Å². The van der Waals surface area contributed by atoms with E-state index in [0.717, 1.165) is 0 Å². The molecule has 2 aromatic carbocycles. The molecule has 2 aromatic rings. The lowest BCUT2D eigenvalue weighted by molar-refractivity contribution is 0.0979. The van der Waals surface area contributed by atoms with Crippen molar-refractivity contribution < 1.29 is 9.59 Å². The zero-order valence-corrected chi connectivity index (χ0v) is 10.5. The van der Waals surface area contributed by atoms with E-state index in [2.05, 4.69) is 5.32 Å². The van der Waals surface area contributed by atoms with Gasteiger partial charge in [0.1, 0.15) is 6.54 Å². The second kappa shape index (κ2) is 4.63. The van der Waals surface area contributed by atoms with Gasteiger partial charge in [0.2, 0.25) is 0 Å². The van der Waals surface area contributed by atoms with Gasteiger partial charge < -0.3 is 5.32 Å². The molecule has 1 aliphatic rings. The van der Waals surface area contributed by atoms with Crippen LogP contribution < -0.4 is 5.32 Å². The van der Waals surface area contributed by atoms with E-state index in [-0.39, 0.29) is 18.1 Å². The van der Waals surface area contributed by atoms with Crippen molar-refractivity contribution in [2.75, 3.05) is 11.9 Å². The second-order valence-corrected chi connectivity index (χ2v) is 4.44. The van der Waals surface area contributed by atoms with Crippen molar-refractivity contribution in [1.82, 2.24) is 0 Å². The van der Waals surface area contributed by atoms with Crippen LogP contribution in [0.3, 0.4) is 0 Å². The first-order valence-corrected chi connectivity index (χ1v) is 6.16. The number of hydrogen-bond acceptors (Lipinski definition) is 4. The molecule has 0 radical (unpaired) electrons. The standard InChI is InChI=1S/C16H10N2O2/c17-8-9-18-13-7-3-6-12-14(13)16(20)11-5-2-1-4-10(11)15(12)19/h1-7,18H,9H2. The lowest BCUT2D eigenvalue weighted by atomic mass is 9.83. The number of ketones is 2. The van der Waals surface area contributed by atoms with Gasteiger partial charge in [0.25, 0.3) is 0 Å². The van der Waals surface area contributed by atoms with E-state index in [1.54, 1.807) is 42.5 Å². The highest BCUT2D eigenvalue weighted by Gasteiger charge is 2.31. The van der Waals surface area contributed by atoms with Crippen LogP contribution in [0, 0.1) is 11.3 Å². The molecule has 0 unspecified atom stereocenters. The second-order valence-electron chi connectivity index (χ2n) is 4.44. The Morgan fingerprint density at radius 2 is 1.55 bits per heavy atom. The lowest BCUT2D eigenvalue weighted by Gasteiger charge is -2.20. The van der Waals surface area contributed by atoms with Gasteiger partial charge in [0, 0.05) is 22.4 Å². The number of nitriles is 1. The Morgan fingerprint density at radius 1 is 0.900 bits per heavy atom. The minimum Gasteiger partial charge on any atom is -0.372 e. The van der Waals surface area contributed by atoms with Crippen LogP contribution >= 0.6 is 0 Å². The number of nitrogens with zero attached hydrogens (tertiary/aromatic N) is 1. The topological polar surface area (TPSA) is 70.0 Å². The molecule has 4 nitrogen and oxygen atoms in total. The highest BCUT2D eigenvalue weighted by atomic mass is 16.1. The van der Waals surface area contributed by atoms with E-state index >= 15 is 0 Å². The average molecular weight is 262 g/mol. The molecule has 4 heteroatoms. The van der Waals surface area contributed by atoms with Gasteiger partial charge in [0.05, 0.1) is 11.6 Å². The molecule has 0 atom stereocenters. The van der Waals surface area contributed by atoms with Crippen LogP contribution in [0.25, 0.3) is 0 Å². The maximum absolute atomic E-state index is 12.6. The molecule has 1 N–H and O–H groups in total. The van der Waals surface area contributed by atoms with Gasteiger partial charge in [-0.05, 0) is 6.07 Å². The maximum Gasteiger partial charge on any atom is 0.196 e. The predicted octanol–water partition coefficient (Wildman–Crippen LogP) is 2.40. The van der Waals surface area contributed by atoms with Crippen molar-refractivity contribution >= 4 is 17.3 Å². The summed E-state index contributed by atoms with van der Waals surface area (Å²) < 4.78 is 0. The van der Waals surface area contributed by atoms with Crippen molar-refractivity contribution in [1.29, 1.82) is 5.26 Å². The Kier molecular flexibility index (Phi) is 2.81. The van der Waals surface area contributed by atoms with Gasteiger partial charge in [-0.3, -0.25) is 9.59 Å². The Hall–Kier alpha value is -2.93. The maximum atomic E-state index is 12.6. The van der Waals surface area contributed by atoms with Crippen molar-refractivity contribution in [2.24, 2.45) is 0 Å². The van der Waals surface area contributed by atoms with E-state index in [0.29, 0.717) is 27.9 Å². The number of benzene rings is 2. The van der Waals surface area contributed by atoms with Crippen LogP contribution in [0.2, 0.25) is 0 Å². The Balaban J connectivity index is 2.21. The third-order valence-electron chi connectivity index (χ3n) is 3.31. The SMILES string of the molecule is N#CCNc1cccc2c1C(=O)c1ccccc1C2=O. The molecule has 0 saturated carbocycles. The van der Waals surface area contributed by atoms with E-state index in [1.165, 1.54) is 0 Å². The van der Waals surface area contributed by atoms with Crippen LogP contribution in [-0.4, -0.2) is 18.1 Å². The molecule has 0 spiro atoms. The van der Waals surface area contributed by atoms with Crippen molar-refractivity contribution in [2.45, 2.75) is 0 Å². The average Bonchev–Trinajstić information content (AvgIpc) is 2.50. The van der Waals surface area contributed by atoms with Gasteiger partial charge in [-0.15, -0.1) is 0 Å². The van der Waals surface area contributed by atoms with E-state index in [1.807, 2.05) is 6.07 Å². The number of hydrogen-bond donors (Lipinski definition) is 1.